The third kappa shape index (κ3) is 5.73. The van der Waals surface area contributed by atoms with E-state index in [9.17, 15) is 0 Å². The average molecular weight is 792 g/mol. The second-order valence-corrected chi connectivity index (χ2v) is 17.0. The van der Waals surface area contributed by atoms with E-state index in [4.69, 9.17) is 9.97 Å². The molecule has 3 nitrogen and oxygen atoms in total. The van der Waals surface area contributed by atoms with Crippen LogP contribution >= 0.6 is 0 Å². The highest BCUT2D eigenvalue weighted by Gasteiger charge is 2.35. The Morgan fingerprint density at radius 2 is 0.855 bits per heavy atom. The molecule has 11 aromatic rings. The quantitative estimate of drug-likeness (QED) is 0.168. The highest BCUT2D eigenvalue weighted by molar-refractivity contribution is 6.13. The summed E-state index contributed by atoms with van der Waals surface area (Å²) < 4.78 is 2.45. The van der Waals surface area contributed by atoms with Gasteiger partial charge in [0.2, 0.25) is 0 Å². The van der Waals surface area contributed by atoms with E-state index in [2.05, 4.69) is 225 Å². The summed E-state index contributed by atoms with van der Waals surface area (Å²) in [5, 5.41) is 4.74. The molecular formula is C59H41N3. The fraction of sp³-hybridized carbons (Fsp3) is 0.0508. The van der Waals surface area contributed by atoms with Crippen LogP contribution in [0, 0.1) is 0 Å². The Morgan fingerprint density at radius 3 is 1.52 bits per heavy atom. The zero-order valence-corrected chi connectivity index (χ0v) is 34.5. The second-order valence-electron chi connectivity index (χ2n) is 17.0. The van der Waals surface area contributed by atoms with E-state index in [0.717, 1.165) is 44.5 Å². The number of hydrogen-bond acceptors (Lipinski definition) is 2. The summed E-state index contributed by atoms with van der Waals surface area (Å²) in [6.07, 6.45) is 0. The zero-order chi connectivity index (χ0) is 41.4. The summed E-state index contributed by atoms with van der Waals surface area (Å²) in [5.74, 6) is 0.708. The molecule has 0 N–H and O–H groups in total. The Bertz CT molecular complexity index is 3430. The van der Waals surface area contributed by atoms with Crippen molar-refractivity contribution in [3.8, 4) is 73.0 Å². The molecule has 2 aromatic heterocycles. The van der Waals surface area contributed by atoms with Gasteiger partial charge in [0.25, 0.3) is 0 Å². The third-order valence-corrected chi connectivity index (χ3v) is 13.0. The van der Waals surface area contributed by atoms with Crippen LogP contribution in [0.2, 0.25) is 0 Å². The summed E-state index contributed by atoms with van der Waals surface area (Å²) >= 11 is 0. The lowest BCUT2D eigenvalue weighted by Crippen LogP contribution is -2.14. The maximum atomic E-state index is 5.33. The molecule has 0 spiro atoms. The summed E-state index contributed by atoms with van der Waals surface area (Å²) in [6.45, 7) is 4.66. The van der Waals surface area contributed by atoms with Crippen molar-refractivity contribution in [2.75, 3.05) is 0 Å². The molecule has 292 valence electrons. The van der Waals surface area contributed by atoms with Crippen LogP contribution in [0.4, 0.5) is 0 Å². The smallest absolute Gasteiger partial charge is 0.160 e. The molecule has 0 bridgehead atoms. The molecule has 0 amide bonds. The van der Waals surface area contributed by atoms with Crippen LogP contribution in [0.5, 0.6) is 0 Å². The number of aromatic nitrogens is 3. The van der Waals surface area contributed by atoms with Crippen molar-refractivity contribution in [3.63, 3.8) is 0 Å². The lowest BCUT2D eigenvalue weighted by Gasteiger charge is -2.22. The molecule has 0 atom stereocenters. The number of hydrogen-bond donors (Lipinski definition) is 0. The fourth-order valence-electron chi connectivity index (χ4n) is 9.92. The predicted molar refractivity (Wildman–Crippen MR) is 259 cm³/mol. The van der Waals surface area contributed by atoms with Gasteiger partial charge in [-0.15, -0.1) is 0 Å². The van der Waals surface area contributed by atoms with Gasteiger partial charge >= 0.3 is 0 Å². The minimum Gasteiger partial charge on any atom is -0.309 e. The molecule has 1 aliphatic rings. The standard InChI is InChI=1S/C59H41N3/c1-59(2)51-25-15-14-23-45(51)46-29-26-43(36-52(46)59)53-37-54(61-58(60-53)40-20-10-5-11-21-40)47-30-33-55(48-24-13-12-22-44(47)48)62-56-31-27-41(38-16-6-3-7-17-38)34-49(56)50-35-42(28-32-57(50)62)39-18-8-4-9-19-39/h3-37H,1-2H3. The molecule has 0 fully saturated rings. The maximum absolute atomic E-state index is 5.33. The van der Waals surface area contributed by atoms with Crippen molar-refractivity contribution < 1.29 is 0 Å². The van der Waals surface area contributed by atoms with E-state index in [1.165, 1.54) is 66.3 Å². The van der Waals surface area contributed by atoms with Gasteiger partial charge in [0.1, 0.15) is 0 Å². The summed E-state index contributed by atoms with van der Waals surface area (Å²) in [6, 6.07) is 76.7. The van der Waals surface area contributed by atoms with Crippen LogP contribution in [0.15, 0.2) is 212 Å². The highest BCUT2D eigenvalue weighted by Crippen LogP contribution is 2.50. The minimum absolute atomic E-state index is 0.120. The van der Waals surface area contributed by atoms with E-state index < -0.39 is 0 Å². The lowest BCUT2D eigenvalue weighted by atomic mass is 9.82. The van der Waals surface area contributed by atoms with Crippen LogP contribution in [0.3, 0.4) is 0 Å². The van der Waals surface area contributed by atoms with Gasteiger partial charge in [-0.3, -0.25) is 0 Å². The Labute approximate surface area is 361 Å². The maximum Gasteiger partial charge on any atom is 0.160 e. The van der Waals surface area contributed by atoms with E-state index in [0.29, 0.717) is 5.82 Å². The Kier molecular flexibility index (Phi) is 8.20. The molecule has 9 aromatic carbocycles. The van der Waals surface area contributed by atoms with Gasteiger partial charge in [0.05, 0.1) is 28.1 Å². The van der Waals surface area contributed by atoms with Crippen LogP contribution in [0.1, 0.15) is 25.0 Å². The first-order valence-corrected chi connectivity index (χ1v) is 21.4. The number of rotatable bonds is 6. The van der Waals surface area contributed by atoms with E-state index >= 15 is 0 Å². The lowest BCUT2D eigenvalue weighted by molar-refractivity contribution is 0.660. The molecule has 2 heterocycles. The topological polar surface area (TPSA) is 30.7 Å². The van der Waals surface area contributed by atoms with Crippen molar-refractivity contribution in [1.82, 2.24) is 14.5 Å². The van der Waals surface area contributed by atoms with Crippen molar-refractivity contribution in [3.05, 3.63) is 223 Å². The third-order valence-electron chi connectivity index (χ3n) is 13.0. The molecule has 12 rings (SSSR count). The Hall–Kier alpha value is -7.88. The SMILES string of the molecule is CC1(C)c2ccccc2-c2ccc(-c3cc(-c4ccc(-n5c6ccc(-c7ccccc7)cc6c6cc(-c7ccccc7)ccc65)c5ccccc45)nc(-c4ccccc4)n3)cc21. The van der Waals surface area contributed by atoms with E-state index in [1.807, 2.05) is 6.07 Å². The second kappa shape index (κ2) is 14.1. The minimum atomic E-state index is -0.120. The summed E-state index contributed by atoms with van der Waals surface area (Å²) in [4.78, 5) is 10.6. The van der Waals surface area contributed by atoms with Crippen molar-refractivity contribution in [2.24, 2.45) is 0 Å². The Morgan fingerprint density at radius 1 is 0.339 bits per heavy atom. The van der Waals surface area contributed by atoms with Gasteiger partial charge in [0.15, 0.2) is 5.82 Å². The normalized spacial score (nSPS) is 12.8. The van der Waals surface area contributed by atoms with Gasteiger partial charge in [-0.2, -0.15) is 0 Å². The fourth-order valence-corrected chi connectivity index (χ4v) is 9.92. The van der Waals surface area contributed by atoms with Gasteiger partial charge in [-0.1, -0.05) is 184 Å². The zero-order valence-electron chi connectivity index (χ0n) is 34.5. The largest absolute Gasteiger partial charge is 0.309 e. The van der Waals surface area contributed by atoms with Crippen molar-refractivity contribution in [1.29, 1.82) is 0 Å². The number of benzene rings is 9. The number of fused-ring (bicyclic) bond motifs is 7. The van der Waals surface area contributed by atoms with Gasteiger partial charge < -0.3 is 4.57 Å². The van der Waals surface area contributed by atoms with Crippen LogP contribution in [-0.4, -0.2) is 14.5 Å². The molecule has 3 heteroatoms. The molecule has 1 aliphatic carbocycles. The van der Waals surface area contributed by atoms with Crippen LogP contribution < -0.4 is 0 Å². The van der Waals surface area contributed by atoms with Crippen molar-refractivity contribution >= 4 is 32.6 Å². The molecule has 62 heavy (non-hydrogen) atoms. The van der Waals surface area contributed by atoms with Gasteiger partial charge in [-0.05, 0) is 92.4 Å². The average Bonchev–Trinajstić information content (AvgIpc) is 3.78. The molecule has 0 unspecified atom stereocenters. The monoisotopic (exact) mass is 791 g/mol. The first kappa shape index (κ1) is 36.0. The van der Waals surface area contributed by atoms with Crippen molar-refractivity contribution in [2.45, 2.75) is 19.3 Å². The van der Waals surface area contributed by atoms with Crippen LogP contribution in [0.25, 0.3) is 106 Å². The molecular weight excluding hydrogens is 751 g/mol. The van der Waals surface area contributed by atoms with E-state index in [1.54, 1.807) is 0 Å². The predicted octanol–water partition coefficient (Wildman–Crippen LogP) is 15.4. The molecule has 0 radical (unpaired) electrons. The van der Waals surface area contributed by atoms with E-state index in [-0.39, 0.29) is 5.41 Å². The summed E-state index contributed by atoms with van der Waals surface area (Å²) in [5.41, 5.74) is 18.4. The molecule has 0 saturated carbocycles. The number of nitrogens with zero attached hydrogens (tertiary/aromatic N) is 3. The summed E-state index contributed by atoms with van der Waals surface area (Å²) in [7, 11) is 0. The molecule has 0 saturated heterocycles. The van der Waals surface area contributed by atoms with Gasteiger partial charge in [-0.25, -0.2) is 9.97 Å². The first-order valence-electron chi connectivity index (χ1n) is 21.4. The highest BCUT2D eigenvalue weighted by atomic mass is 15.0. The van der Waals surface area contributed by atoms with Crippen LogP contribution in [-0.2, 0) is 5.41 Å². The molecule has 0 aliphatic heterocycles. The first-order chi connectivity index (χ1) is 30.5. The van der Waals surface area contributed by atoms with Gasteiger partial charge in [0, 0.05) is 38.3 Å². The Balaban J connectivity index is 1.06.